The monoisotopic (exact) mass is 291 g/mol. The van der Waals surface area contributed by atoms with Crippen LogP contribution in [0.5, 0.6) is 0 Å². The van der Waals surface area contributed by atoms with Gasteiger partial charge in [-0.15, -0.1) is 0 Å². The molecule has 1 aromatic rings. The Hall–Kier alpha value is -1.68. The van der Waals surface area contributed by atoms with Gasteiger partial charge in [-0.25, -0.2) is 0 Å². The molecular weight excluding hydrogens is 266 g/mol. The maximum Gasteiger partial charge on any atom is 0.303 e. The molecule has 116 valence electrons. The summed E-state index contributed by atoms with van der Waals surface area (Å²) in [6, 6.07) is 5.36. The van der Waals surface area contributed by atoms with Gasteiger partial charge >= 0.3 is 5.97 Å². The average molecular weight is 291 g/mol. The molecule has 2 atom stereocenters. The molecule has 0 amide bonds. The van der Waals surface area contributed by atoms with Crippen LogP contribution in [0.3, 0.4) is 0 Å². The van der Waals surface area contributed by atoms with Crippen LogP contribution in [0.15, 0.2) is 18.2 Å². The molecule has 4 heteroatoms. The molecule has 0 aromatic heterocycles. The van der Waals surface area contributed by atoms with E-state index in [4.69, 9.17) is 5.11 Å². The van der Waals surface area contributed by atoms with Crippen LogP contribution >= 0.6 is 0 Å². The normalized spacial score (nSPS) is 13.7. The van der Waals surface area contributed by atoms with Gasteiger partial charge in [-0.1, -0.05) is 19.1 Å². The number of hydrogen-bond acceptors (Lipinski definition) is 3. The Labute approximate surface area is 126 Å². The minimum absolute atomic E-state index is 0.00924. The summed E-state index contributed by atoms with van der Waals surface area (Å²) in [7, 11) is 0. The maximum atomic E-state index is 12.6. The third kappa shape index (κ3) is 5.31. The SMILES string of the molecule is CCC(C)NC(CCC(=O)O)C(=O)c1ccc(C)c(C)c1. The molecule has 2 unspecified atom stereocenters. The number of aryl methyl sites for hydroxylation is 2. The highest BCUT2D eigenvalue weighted by molar-refractivity contribution is 6.00. The van der Waals surface area contributed by atoms with Gasteiger partial charge in [0.05, 0.1) is 6.04 Å². The molecule has 0 aliphatic carbocycles. The van der Waals surface area contributed by atoms with Crippen LogP contribution in [0.2, 0.25) is 0 Å². The number of carbonyl (C=O) groups excluding carboxylic acids is 1. The van der Waals surface area contributed by atoms with Crippen LogP contribution in [0.25, 0.3) is 0 Å². The maximum absolute atomic E-state index is 12.6. The summed E-state index contributed by atoms with van der Waals surface area (Å²) >= 11 is 0. The summed E-state index contributed by atoms with van der Waals surface area (Å²) in [6.45, 7) is 8.01. The molecule has 21 heavy (non-hydrogen) atoms. The first-order valence-corrected chi connectivity index (χ1v) is 7.44. The van der Waals surface area contributed by atoms with E-state index < -0.39 is 12.0 Å². The lowest BCUT2D eigenvalue weighted by Crippen LogP contribution is -2.42. The van der Waals surface area contributed by atoms with Crippen LogP contribution in [-0.2, 0) is 4.79 Å². The second-order valence-electron chi connectivity index (χ2n) is 5.62. The number of Topliss-reactive ketones (excluding diaryl/α,β-unsaturated/α-hetero) is 1. The van der Waals surface area contributed by atoms with E-state index >= 15 is 0 Å². The Morgan fingerprint density at radius 1 is 1.24 bits per heavy atom. The zero-order valence-electron chi connectivity index (χ0n) is 13.3. The summed E-state index contributed by atoms with van der Waals surface area (Å²) in [4.78, 5) is 23.4. The molecule has 0 saturated carbocycles. The molecule has 0 aliphatic rings. The Morgan fingerprint density at radius 3 is 2.43 bits per heavy atom. The second kappa shape index (κ2) is 7.93. The van der Waals surface area contributed by atoms with E-state index in [1.807, 2.05) is 45.9 Å². The Balaban J connectivity index is 2.91. The molecule has 0 fully saturated rings. The zero-order valence-corrected chi connectivity index (χ0v) is 13.3. The standard InChI is InChI=1S/C17H25NO3/c1-5-13(4)18-15(8-9-16(19)20)17(21)14-7-6-11(2)12(3)10-14/h6-7,10,13,15,18H,5,8-9H2,1-4H3,(H,19,20). The van der Waals surface area contributed by atoms with Crippen molar-refractivity contribution >= 4 is 11.8 Å². The van der Waals surface area contributed by atoms with Crippen molar-refractivity contribution in [2.45, 2.75) is 59.0 Å². The Kier molecular flexibility index (Phi) is 6.56. The molecule has 0 bridgehead atoms. The van der Waals surface area contributed by atoms with Crippen molar-refractivity contribution in [1.82, 2.24) is 5.32 Å². The largest absolute Gasteiger partial charge is 0.481 e. The minimum Gasteiger partial charge on any atom is -0.481 e. The van der Waals surface area contributed by atoms with Gasteiger partial charge in [-0.05, 0) is 50.8 Å². The first-order valence-electron chi connectivity index (χ1n) is 7.44. The fourth-order valence-corrected chi connectivity index (χ4v) is 2.12. The summed E-state index contributed by atoms with van der Waals surface area (Å²) in [5.41, 5.74) is 2.86. The number of rotatable bonds is 8. The van der Waals surface area contributed by atoms with E-state index in [1.54, 1.807) is 0 Å². The molecule has 1 aromatic carbocycles. The van der Waals surface area contributed by atoms with Crippen LogP contribution in [0.1, 0.15) is 54.6 Å². The predicted octanol–water partition coefficient (Wildman–Crippen LogP) is 3.11. The van der Waals surface area contributed by atoms with Crippen molar-refractivity contribution in [3.05, 3.63) is 34.9 Å². The smallest absolute Gasteiger partial charge is 0.303 e. The van der Waals surface area contributed by atoms with Crippen molar-refractivity contribution < 1.29 is 14.7 Å². The highest BCUT2D eigenvalue weighted by Crippen LogP contribution is 2.14. The Morgan fingerprint density at radius 2 is 1.90 bits per heavy atom. The van der Waals surface area contributed by atoms with Gasteiger partial charge < -0.3 is 10.4 Å². The number of carbonyl (C=O) groups is 2. The van der Waals surface area contributed by atoms with Gasteiger partial charge in [0.15, 0.2) is 5.78 Å². The number of aliphatic carboxylic acids is 1. The predicted molar refractivity (Wildman–Crippen MR) is 83.8 cm³/mol. The number of ketones is 1. The van der Waals surface area contributed by atoms with E-state index in [1.165, 1.54) is 0 Å². The molecule has 2 N–H and O–H groups in total. The molecule has 4 nitrogen and oxygen atoms in total. The summed E-state index contributed by atoms with van der Waals surface area (Å²) in [5.74, 6) is -0.904. The van der Waals surface area contributed by atoms with Crippen LogP contribution < -0.4 is 5.32 Å². The quantitative estimate of drug-likeness (QED) is 0.722. The fraction of sp³-hybridized carbons (Fsp3) is 0.529. The summed E-state index contributed by atoms with van der Waals surface area (Å²) < 4.78 is 0. The fourth-order valence-electron chi connectivity index (χ4n) is 2.12. The topological polar surface area (TPSA) is 66.4 Å². The van der Waals surface area contributed by atoms with Crippen molar-refractivity contribution in [2.24, 2.45) is 0 Å². The van der Waals surface area contributed by atoms with Gasteiger partial charge in [0.25, 0.3) is 0 Å². The van der Waals surface area contributed by atoms with Gasteiger partial charge in [0, 0.05) is 18.0 Å². The van der Waals surface area contributed by atoms with Crippen molar-refractivity contribution in [1.29, 1.82) is 0 Å². The summed E-state index contributed by atoms with van der Waals surface area (Å²) in [6.07, 6.45) is 1.19. The van der Waals surface area contributed by atoms with Gasteiger partial charge in [0.2, 0.25) is 0 Å². The van der Waals surface area contributed by atoms with E-state index in [0.29, 0.717) is 12.0 Å². The number of benzene rings is 1. The van der Waals surface area contributed by atoms with Crippen LogP contribution in [-0.4, -0.2) is 28.9 Å². The zero-order chi connectivity index (χ0) is 16.0. The molecule has 0 spiro atoms. The highest BCUT2D eigenvalue weighted by Gasteiger charge is 2.22. The lowest BCUT2D eigenvalue weighted by Gasteiger charge is -2.21. The number of carboxylic acid groups (broad SMARTS) is 1. The minimum atomic E-state index is -0.876. The number of nitrogens with one attached hydrogen (secondary N) is 1. The molecule has 0 saturated heterocycles. The first-order chi connectivity index (χ1) is 9.85. The molecule has 1 rings (SSSR count). The van der Waals surface area contributed by atoms with Gasteiger partial charge in [0.1, 0.15) is 0 Å². The molecule has 0 aliphatic heterocycles. The number of hydrogen-bond donors (Lipinski definition) is 2. The van der Waals surface area contributed by atoms with Crippen LogP contribution in [0.4, 0.5) is 0 Å². The third-order valence-electron chi connectivity index (χ3n) is 3.85. The molecular formula is C17H25NO3. The van der Waals surface area contributed by atoms with Crippen molar-refractivity contribution in [2.75, 3.05) is 0 Å². The van der Waals surface area contributed by atoms with Crippen molar-refractivity contribution in [3.8, 4) is 0 Å². The lowest BCUT2D eigenvalue weighted by atomic mass is 9.96. The van der Waals surface area contributed by atoms with Gasteiger partial charge in [-0.3, -0.25) is 9.59 Å². The van der Waals surface area contributed by atoms with Crippen LogP contribution in [0, 0.1) is 13.8 Å². The molecule has 0 radical (unpaired) electrons. The first kappa shape index (κ1) is 17.4. The average Bonchev–Trinajstić information content (AvgIpc) is 2.45. The number of carboxylic acids is 1. The van der Waals surface area contributed by atoms with E-state index in [0.717, 1.165) is 17.5 Å². The molecule has 0 heterocycles. The van der Waals surface area contributed by atoms with E-state index in [-0.39, 0.29) is 18.2 Å². The summed E-state index contributed by atoms with van der Waals surface area (Å²) in [5, 5.41) is 12.1. The third-order valence-corrected chi connectivity index (χ3v) is 3.85. The van der Waals surface area contributed by atoms with Crippen molar-refractivity contribution in [3.63, 3.8) is 0 Å². The lowest BCUT2D eigenvalue weighted by molar-refractivity contribution is -0.137. The van der Waals surface area contributed by atoms with E-state index in [9.17, 15) is 9.59 Å². The van der Waals surface area contributed by atoms with E-state index in [2.05, 4.69) is 5.32 Å². The highest BCUT2D eigenvalue weighted by atomic mass is 16.4. The van der Waals surface area contributed by atoms with Gasteiger partial charge in [-0.2, -0.15) is 0 Å². The Bertz CT molecular complexity index is 511. The second-order valence-corrected chi connectivity index (χ2v) is 5.62.